The Balaban J connectivity index is 1.14. The van der Waals surface area contributed by atoms with Gasteiger partial charge in [-0.05, 0) is 44.4 Å². The van der Waals surface area contributed by atoms with Crippen molar-refractivity contribution in [2.24, 2.45) is 0 Å². The summed E-state index contributed by atoms with van der Waals surface area (Å²) in [6.07, 6.45) is 5.25. The fourth-order valence-corrected chi connectivity index (χ4v) is 6.10. The molecule has 2 unspecified atom stereocenters. The number of carbonyl (C=O) groups is 1. The number of imidazole rings is 1. The molecule has 36 heavy (non-hydrogen) atoms. The average Bonchev–Trinajstić information content (AvgIpc) is 3.56. The molecule has 0 N–H and O–H groups in total. The molecule has 2 saturated heterocycles. The van der Waals surface area contributed by atoms with Crippen molar-refractivity contribution in [1.82, 2.24) is 19.4 Å². The second-order valence-electron chi connectivity index (χ2n) is 10.7. The molecule has 188 valence electrons. The van der Waals surface area contributed by atoms with E-state index in [0.29, 0.717) is 17.5 Å². The van der Waals surface area contributed by atoms with Crippen LogP contribution in [0.5, 0.6) is 0 Å². The molecule has 3 aliphatic rings. The van der Waals surface area contributed by atoms with Crippen molar-refractivity contribution < 1.29 is 9.53 Å². The number of rotatable bonds is 4. The molecule has 7 heteroatoms. The van der Waals surface area contributed by atoms with Gasteiger partial charge in [0, 0.05) is 62.9 Å². The number of benzene rings is 1. The highest BCUT2D eigenvalue weighted by Crippen LogP contribution is 2.31. The lowest BCUT2D eigenvalue weighted by molar-refractivity contribution is -0.00547. The van der Waals surface area contributed by atoms with Gasteiger partial charge in [0.1, 0.15) is 17.3 Å². The Morgan fingerprint density at radius 1 is 0.889 bits per heavy atom. The van der Waals surface area contributed by atoms with Gasteiger partial charge in [0.15, 0.2) is 0 Å². The quantitative estimate of drug-likeness (QED) is 0.553. The minimum Gasteiger partial charge on any atom is -0.372 e. The molecule has 4 atom stereocenters. The van der Waals surface area contributed by atoms with Crippen LogP contribution in [-0.2, 0) is 17.7 Å². The van der Waals surface area contributed by atoms with Crippen molar-refractivity contribution in [3.05, 3.63) is 77.5 Å². The number of morpholine rings is 1. The van der Waals surface area contributed by atoms with Crippen LogP contribution in [-0.4, -0.2) is 63.7 Å². The van der Waals surface area contributed by atoms with Crippen LogP contribution in [0, 0.1) is 0 Å². The number of nitrogens with zero attached hydrogens (tertiary/aromatic N) is 5. The Morgan fingerprint density at radius 3 is 2.50 bits per heavy atom. The highest BCUT2D eigenvalue weighted by atomic mass is 16.5. The molecule has 1 aromatic carbocycles. The van der Waals surface area contributed by atoms with Crippen molar-refractivity contribution in [2.45, 2.75) is 63.7 Å². The number of pyridine rings is 1. The molecule has 0 radical (unpaired) electrons. The third-order valence-electron chi connectivity index (χ3n) is 7.88. The van der Waals surface area contributed by atoms with Gasteiger partial charge in [-0.25, -0.2) is 9.97 Å². The number of ether oxygens (including phenoxy) is 1. The molecule has 0 bridgehead atoms. The largest absolute Gasteiger partial charge is 0.372 e. The van der Waals surface area contributed by atoms with Crippen molar-refractivity contribution >= 4 is 11.7 Å². The summed E-state index contributed by atoms with van der Waals surface area (Å²) in [5, 5.41) is 0. The van der Waals surface area contributed by atoms with Gasteiger partial charge in [-0.15, -0.1) is 0 Å². The molecule has 3 aliphatic heterocycles. The van der Waals surface area contributed by atoms with Crippen LogP contribution < -0.4 is 4.90 Å². The molecular weight excluding hydrogens is 450 g/mol. The zero-order chi connectivity index (χ0) is 24.6. The normalized spacial score (nSPS) is 26.2. The Bertz CT molecular complexity index is 1220. The highest BCUT2D eigenvalue weighted by molar-refractivity contribution is 5.92. The lowest BCUT2D eigenvalue weighted by Gasteiger charge is -2.36. The molecule has 1 amide bonds. The van der Waals surface area contributed by atoms with Crippen molar-refractivity contribution in [1.29, 1.82) is 0 Å². The minimum absolute atomic E-state index is 0.0579. The van der Waals surface area contributed by atoms with Crippen LogP contribution in [0.1, 0.15) is 66.1 Å². The average molecular weight is 486 g/mol. The summed E-state index contributed by atoms with van der Waals surface area (Å²) in [4.78, 5) is 27.4. The third kappa shape index (κ3) is 4.64. The second-order valence-corrected chi connectivity index (χ2v) is 10.7. The number of aromatic nitrogens is 3. The lowest BCUT2D eigenvalue weighted by Crippen LogP contribution is -2.45. The van der Waals surface area contributed by atoms with E-state index < -0.39 is 0 Å². The van der Waals surface area contributed by atoms with E-state index in [2.05, 4.69) is 65.8 Å². The van der Waals surface area contributed by atoms with Crippen LogP contribution >= 0.6 is 0 Å². The van der Waals surface area contributed by atoms with Gasteiger partial charge in [-0.3, -0.25) is 4.79 Å². The Labute approximate surface area is 213 Å². The number of carbonyl (C=O) groups excluding carboxylic acids is 1. The van der Waals surface area contributed by atoms with E-state index in [9.17, 15) is 4.79 Å². The van der Waals surface area contributed by atoms with Crippen LogP contribution in [0.2, 0.25) is 0 Å². The number of hydrogen-bond donors (Lipinski definition) is 0. The SMILES string of the molecule is C[C@@H]1CN(c2cccc(C3CCc4nc(C(=O)N5CCC(c6ccccc6)C5)cn4C3)n2)C[C@H](C)O1. The minimum atomic E-state index is 0.0579. The number of likely N-dealkylation sites (tertiary alicyclic amines) is 1. The first kappa shape index (κ1) is 23.2. The van der Waals surface area contributed by atoms with Gasteiger partial charge in [0.2, 0.25) is 0 Å². The summed E-state index contributed by atoms with van der Waals surface area (Å²) in [7, 11) is 0. The summed E-state index contributed by atoms with van der Waals surface area (Å²) in [6, 6.07) is 16.9. The predicted molar refractivity (Wildman–Crippen MR) is 139 cm³/mol. The zero-order valence-corrected chi connectivity index (χ0v) is 21.2. The molecule has 5 heterocycles. The van der Waals surface area contributed by atoms with E-state index >= 15 is 0 Å². The molecule has 7 nitrogen and oxygen atoms in total. The topological polar surface area (TPSA) is 63.5 Å². The summed E-state index contributed by atoms with van der Waals surface area (Å²) in [5.41, 5.74) is 3.02. The number of fused-ring (bicyclic) bond motifs is 1. The first-order valence-corrected chi connectivity index (χ1v) is 13.3. The number of aryl methyl sites for hydroxylation is 1. The fraction of sp³-hybridized carbons (Fsp3) is 0.483. The number of hydrogen-bond acceptors (Lipinski definition) is 5. The van der Waals surface area contributed by atoms with Crippen LogP contribution in [0.3, 0.4) is 0 Å². The smallest absolute Gasteiger partial charge is 0.274 e. The molecule has 2 fully saturated rings. The number of anilines is 1. The maximum absolute atomic E-state index is 13.3. The Hall–Kier alpha value is -3.19. The second kappa shape index (κ2) is 9.69. The van der Waals surface area contributed by atoms with Crippen LogP contribution in [0.25, 0.3) is 0 Å². The van der Waals surface area contributed by atoms with Gasteiger partial charge in [-0.2, -0.15) is 0 Å². The van der Waals surface area contributed by atoms with E-state index in [4.69, 9.17) is 14.7 Å². The van der Waals surface area contributed by atoms with Crippen LogP contribution in [0.15, 0.2) is 54.7 Å². The standard InChI is InChI=1S/C29H35N5O2/c1-20-15-33(16-21(2)36-20)27-10-6-9-25(30-27)24-11-12-28-31-26(19-34(28)18-24)29(35)32-14-13-23(17-32)22-7-4-3-5-8-22/h3-10,19-21,23-24H,11-18H2,1-2H3/t20-,21+,23?,24?. The molecule has 0 aliphatic carbocycles. The summed E-state index contributed by atoms with van der Waals surface area (Å²) < 4.78 is 8.08. The Kier molecular flexibility index (Phi) is 6.25. The van der Waals surface area contributed by atoms with E-state index in [1.54, 1.807) is 0 Å². The Morgan fingerprint density at radius 2 is 1.69 bits per heavy atom. The van der Waals surface area contributed by atoms with Gasteiger partial charge in [0.25, 0.3) is 5.91 Å². The summed E-state index contributed by atoms with van der Waals surface area (Å²) in [6.45, 7) is 8.35. The van der Waals surface area contributed by atoms with Gasteiger partial charge in [-0.1, -0.05) is 36.4 Å². The van der Waals surface area contributed by atoms with E-state index in [1.165, 1.54) is 5.56 Å². The molecule has 2 aromatic heterocycles. The molecule has 0 spiro atoms. The van der Waals surface area contributed by atoms with Crippen molar-refractivity contribution in [2.75, 3.05) is 31.1 Å². The van der Waals surface area contributed by atoms with Gasteiger partial charge >= 0.3 is 0 Å². The lowest BCUT2D eigenvalue weighted by atomic mass is 9.95. The summed E-state index contributed by atoms with van der Waals surface area (Å²) in [5.74, 6) is 2.83. The van der Waals surface area contributed by atoms with E-state index in [0.717, 1.165) is 69.3 Å². The molecule has 0 saturated carbocycles. The maximum Gasteiger partial charge on any atom is 0.274 e. The fourth-order valence-electron chi connectivity index (χ4n) is 6.10. The van der Waals surface area contributed by atoms with Crippen molar-refractivity contribution in [3.8, 4) is 0 Å². The first-order valence-electron chi connectivity index (χ1n) is 13.3. The van der Waals surface area contributed by atoms with Crippen LogP contribution in [0.4, 0.5) is 5.82 Å². The summed E-state index contributed by atoms with van der Waals surface area (Å²) >= 11 is 0. The van der Waals surface area contributed by atoms with E-state index in [1.807, 2.05) is 17.2 Å². The molecule has 3 aromatic rings. The zero-order valence-electron chi connectivity index (χ0n) is 21.2. The van der Waals surface area contributed by atoms with E-state index in [-0.39, 0.29) is 18.1 Å². The molecule has 6 rings (SSSR count). The number of amides is 1. The van der Waals surface area contributed by atoms with Crippen molar-refractivity contribution in [3.63, 3.8) is 0 Å². The maximum atomic E-state index is 13.3. The first-order chi connectivity index (χ1) is 17.5. The molecular formula is C29H35N5O2. The third-order valence-corrected chi connectivity index (χ3v) is 7.88. The van der Waals surface area contributed by atoms with Gasteiger partial charge in [0.05, 0.1) is 12.2 Å². The predicted octanol–water partition coefficient (Wildman–Crippen LogP) is 4.25. The monoisotopic (exact) mass is 485 g/mol. The van der Waals surface area contributed by atoms with Gasteiger partial charge < -0.3 is 19.1 Å². The highest BCUT2D eigenvalue weighted by Gasteiger charge is 2.31.